The van der Waals surface area contributed by atoms with E-state index in [1.165, 1.54) is 23.9 Å². The van der Waals surface area contributed by atoms with Gasteiger partial charge in [-0.05, 0) is 24.6 Å². The summed E-state index contributed by atoms with van der Waals surface area (Å²) < 4.78 is 13.3. The van der Waals surface area contributed by atoms with Gasteiger partial charge in [0.15, 0.2) is 0 Å². The molecule has 0 spiro atoms. The van der Waals surface area contributed by atoms with Crippen LogP contribution in [-0.4, -0.2) is 6.03 Å². The molecular weight excluding hydrogens is 267 g/mol. The lowest BCUT2D eigenvalue weighted by Gasteiger charge is -2.05. The highest BCUT2D eigenvalue weighted by atomic mass is 19.1. The van der Waals surface area contributed by atoms with E-state index >= 15 is 0 Å². The first-order valence-corrected chi connectivity index (χ1v) is 6.66. The maximum atomic E-state index is 13.3. The molecule has 0 saturated carbocycles. The number of nitrogens with one attached hydrogen (secondary N) is 2. The Morgan fingerprint density at radius 2 is 1.86 bits per heavy atom. The average molecular weight is 284 g/mol. The quantitative estimate of drug-likeness (QED) is 0.885. The molecular formula is C17H17FN2O. The summed E-state index contributed by atoms with van der Waals surface area (Å²) >= 11 is 0. The SMILES string of the molecule is Cc1ccc(CNC(=O)N/C=C/c2ccccc2F)cc1. The Morgan fingerprint density at radius 3 is 2.57 bits per heavy atom. The van der Waals surface area contributed by atoms with Crippen molar-refractivity contribution < 1.29 is 9.18 Å². The van der Waals surface area contributed by atoms with E-state index in [0.717, 1.165) is 5.56 Å². The number of rotatable bonds is 4. The van der Waals surface area contributed by atoms with Crippen LogP contribution in [0, 0.1) is 12.7 Å². The highest BCUT2D eigenvalue weighted by Gasteiger charge is 1.99. The summed E-state index contributed by atoms with van der Waals surface area (Å²) in [4.78, 5) is 11.6. The molecule has 0 heterocycles. The van der Waals surface area contributed by atoms with Crippen LogP contribution in [-0.2, 0) is 6.54 Å². The van der Waals surface area contributed by atoms with Gasteiger partial charge in [-0.25, -0.2) is 9.18 Å². The van der Waals surface area contributed by atoms with Crippen molar-refractivity contribution in [2.24, 2.45) is 0 Å². The van der Waals surface area contributed by atoms with Gasteiger partial charge in [0.05, 0.1) is 0 Å². The molecule has 2 amide bonds. The van der Waals surface area contributed by atoms with Crippen molar-refractivity contribution in [3.8, 4) is 0 Å². The largest absolute Gasteiger partial charge is 0.334 e. The number of halogens is 1. The zero-order chi connectivity index (χ0) is 15.1. The molecule has 0 aliphatic heterocycles. The lowest BCUT2D eigenvalue weighted by atomic mass is 10.1. The average Bonchev–Trinajstić information content (AvgIpc) is 2.49. The van der Waals surface area contributed by atoms with Crippen LogP contribution >= 0.6 is 0 Å². The Kier molecular flexibility index (Phi) is 5.10. The van der Waals surface area contributed by atoms with Gasteiger partial charge in [0, 0.05) is 18.3 Å². The topological polar surface area (TPSA) is 41.1 Å². The first kappa shape index (κ1) is 14.8. The van der Waals surface area contributed by atoms with Crippen molar-refractivity contribution >= 4 is 12.1 Å². The number of urea groups is 1. The second-order valence-corrected chi connectivity index (χ2v) is 4.67. The molecule has 0 unspecified atom stereocenters. The first-order valence-electron chi connectivity index (χ1n) is 6.66. The van der Waals surface area contributed by atoms with Crippen LogP contribution in [0.3, 0.4) is 0 Å². The van der Waals surface area contributed by atoms with E-state index in [-0.39, 0.29) is 11.8 Å². The van der Waals surface area contributed by atoms with Gasteiger partial charge in [-0.2, -0.15) is 0 Å². The number of aryl methyl sites for hydroxylation is 1. The fourth-order valence-corrected chi connectivity index (χ4v) is 1.76. The monoisotopic (exact) mass is 284 g/mol. The van der Waals surface area contributed by atoms with Gasteiger partial charge in [-0.1, -0.05) is 48.0 Å². The van der Waals surface area contributed by atoms with Gasteiger partial charge in [-0.3, -0.25) is 0 Å². The third-order valence-electron chi connectivity index (χ3n) is 2.96. The third kappa shape index (κ3) is 4.76. The Balaban J connectivity index is 1.80. The standard InChI is InChI=1S/C17H17FN2O/c1-13-6-8-14(9-7-13)12-20-17(21)19-11-10-15-4-2-3-5-16(15)18/h2-11H,12H2,1H3,(H2,19,20,21)/b11-10+. The third-order valence-corrected chi connectivity index (χ3v) is 2.96. The molecule has 0 bridgehead atoms. The molecule has 2 aromatic rings. The molecule has 108 valence electrons. The predicted octanol–water partition coefficient (Wildman–Crippen LogP) is 3.60. The van der Waals surface area contributed by atoms with Gasteiger partial charge >= 0.3 is 6.03 Å². The van der Waals surface area contributed by atoms with Crippen LogP contribution in [0.15, 0.2) is 54.7 Å². The minimum absolute atomic E-state index is 0.324. The van der Waals surface area contributed by atoms with Gasteiger partial charge in [-0.15, -0.1) is 0 Å². The predicted molar refractivity (Wildman–Crippen MR) is 82.0 cm³/mol. The lowest BCUT2D eigenvalue weighted by molar-refractivity contribution is 0.244. The van der Waals surface area contributed by atoms with Crippen molar-refractivity contribution in [1.29, 1.82) is 0 Å². The molecule has 0 aliphatic carbocycles. The molecule has 3 nitrogen and oxygen atoms in total. The van der Waals surface area contributed by atoms with Gasteiger partial charge in [0.2, 0.25) is 0 Å². The molecule has 0 aromatic heterocycles. The van der Waals surface area contributed by atoms with Crippen molar-refractivity contribution in [1.82, 2.24) is 10.6 Å². The first-order chi connectivity index (χ1) is 10.1. The fraction of sp³-hybridized carbons (Fsp3) is 0.118. The van der Waals surface area contributed by atoms with E-state index in [1.54, 1.807) is 18.2 Å². The van der Waals surface area contributed by atoms with Crippen molar-refractivity contribution in [3.05, 3.63) is 77.2 Å². The number of carbonyl (C=O) groups is 1. The van der Waals surface area contributed by atoms with Gasteiger partial charge < -0.3 is 10.6 Å². The molecule has 21 heavy (non-hydrogen) atoms. The van der Waals surface area contributed by atoms with E-state index < -0.39 is 0 Å². The summed E-state index contributed by atoms with van der Waals surface area (Å²) in [6.45, 7) is 2.46. The van der Waals surface area contributed by atoms with E-state index in [9.17, 15) is 9.18 Å². The van der Waals surface area contributed by atoms with Crippen LogP contribution in [0.25, 0.3) is 6.08 Å². The van der Waals surface area contributed by atoms with E-state index in [0.29, 0.717) is 12.1 Å². The summed E-state index contributed by atoms with van der Waals surface area (Å²) in [5.74, 6) is -0.324. The summed E-state index contributed by atoms with van der Waals surface area (Å²) in [6, 6.07) is 13.9. The molecule has 0 radical (unpaired) electrons. The number of hydrogen-bond acceptors (Lipinski definition) is 1. The Labute approximate surface area is 123 Å². The smallest absolute Gasteiger partial charge is 0.319 e. The maximum absolute atomic E-state index is 13.3. The second kappa shape index (κ2) is 7.24. The summed E-state index contributed by atoms with van der Waals surface area (Å²) in [6.07, 6.45) is 2.93. The van der Waals surface area contributed by atoms with Crippen molar-refractivity contribution in [3.63, 3.8) is 0 Å². The molecule has 2 aromatic carbocycles. The van der Waals surface area contributed by atoms with Crippen molar-refractivity contribution in [2.75, 3.05) is 0 Å². The molecule has 0 saturated heterocycles. The summed E-state index contributed by atoms with van der Waals surface area (Å²) in [7, 11) is 0. The number of benzene rings is 2. The van der Waals surface area contributed by atoms with Crippen molar-refractivity contribution in [2.45, 2.75) is 13.5 Å². The highest BCUT2D eigenvalue weighted by Crippen LogP contribution is 2.07. The second-order valence-electron chi connectivity index (χ2n) is 4.67. The molecule has 4 heteroatoms. The highest BCUT2D eigenvalue weighted by molar-refractivity contribution is 5.75. The lowest BCUT2D eigenvalue weighted by Crippen LogP contribution is -2.31. The van der Waals surface area contributed by atoms with Gasteiger partial charge in [0.25, 0.3) is 0 Å². The zero-order valence-corrected chi connectivity index (χ0v) is 11.8. The van der Waals surface area contributed by atoms with Crippen LogP contribution in [0.4, 0.5) is 9.18 Å². The molecule has 2 N–H and O–H groups in total. The summed E-state index contributed by atoms with van der Waals surface area (Å²) in [5, 5.41) is 5.27. The molecule has 0 atom stereocenters. The van der Waals surface area contributed by atoms with Gasteiger partial charge in [0.1, 0.15) is 5.82 Å². The molecule has 0 aliphatic rings. The Hall–Kier alpha value is -2.62. The van der Waals surface area contributed by atoms with Crippen LogP contribution in [0.1, 0.15) is 16.7 Å². The van der Waals surface area contributed by atoms with Crippen LogP contribution < -0.4 is 10.6 Å². The minimum Gasteiger partial charge on any atom is -0.334 e. The molecule has 2 rings (SSSR count). The van der Waals surface area contributed by atoms with Crippen LogP contribution in [0.2, 0.25) is 0 Å². The van der Waals surface area contributed by atoms with E-state index in [1.807, 2.05) is 31.2 Å². The zero-order valence-electron chi connectivity index (χ0n) is 11.8. The number of carbonyl (C=O) groups excluding carboxylic acids is 1. The maximum Gasteiger partial charge on any atom is 0.319 e. The normalized spacial score (nSPS) is 10.6. The molecule has 0 fully saturated rings. The number of amides is 2. The summed E-state index contributed by atoms with van der Waals surface area (Å²) in [5.41, 5.74) is 2.63. The van der Waals surface area contributed by atoms with E-state index in [4.69, 9.17) is 0 Å². The van der Waals surface area contributed by atoms with Crippen LogP contribution in [0.5, 0.6) is 0 Å². The number of hydrogen-bond donors (Lipinski definition) is 2. The Morgan fingerprint density at radius 1 is 1.14 bits per heavy atom. The van der Waals surface area contributed by atoms with E-state index in [2.05, 4.69) is 10.6 Å². The fourth-order valence-electron chi connectivity index (χ4n) is 1.76. The Bertz CT molecular complexity index is 635. The minimum atomic E-state index is -0.330.